The molecule has 0 aliphatic carbocycles. The second-order valence-corrected chi connectivity index (χ2v) is 4.40. The molecule has 0 amide bonds. The van der Waals surface area contributed by atoms with Gasteiger partial charge in [-0.3, -0.25) is 0 Å². The predicted octanol–water partition coefficient (Wildman–Crippen LogP) is 0.583. The SMILES string of the molecule is CC(O)(CN)C1NCCc2ccccc21. The summed E-state index contributed by atoms with van der Waals surface area (Å²) >= 11 is 0. The maximum atomic E-state index is 10.2. The highest BCUT2D eigenvalue weighted by molar-refractivity contribution is 5.34. The van der Waals surface area contributed by atoms with E-state index in [9.17, 15) is 5.11 Å². The zero-order valence-corrected chi connectivity index (χ0v) is 9.03. The van der Waals surface area contributed by atoms with E-state index in [1.54, 1.807) is 6.92 Å². The Morgan fingerprint density at radius 3 is 3.00 bits per heavy atom. The molecule has 1 aliphatic rings. The molecule has 15 heavy (non-hydrogen) atoms. The highest BCUT2D eigenvalue weighted by Crippen LogP contribution is 2.30. The third-order valence-corrected chi connectivity index (χ3v) is 3.14. The van der Waals surface area contributed by atoms with Gasteiger partial charge in [-0.1, -0.05) is 24.3 Å². The zero-order valence-electron chi connectivity index (χ0n) is 9.03. The van der Waals surface area contributed by atoms with Gasteiger partial charge in [-0.25, -0.2) is 0 Å². The molecule has 4 N–H and O–H groups in total. The summed E-state index contributed by atoms with van der Waals surface area (Å²) in [6, 6.07) is 8.18. The van der Waals surface area contributed by atoms with Gasteiger partial charge in [0.25, 0.3) is 0 Å². The van der Waals surface area contributed by atoms with Gasteiger partial charge < -0.3 is 16.2 Å². The molecule has 0 fully saturated rings. The van der Waals surface area contributed by atoms with E-state index in [4.69, 9.17) is 5.73 Å². The van der Waals surface area contributed by atoms with Crippen LogP contribution in [0, 0.1) is 0 Å². The van der Waals surface area contributed by atoms with E-state index in [0.29, 0.717) is 0 Å². The van der Waals surface area contributed by atoms with Crippen LogP contribution < -0.4 is 11.1 Å². The van der Waals surface area contributed by atoms with Crippen LogP contribution in [0.25, 0.3) is 0 Å². The van der Waals surface area contributed by atoms with Gasteiger partial charge in [0.15, 0.2) is 0 Å². The number of fused-ring (bicyclic) bond motifs is 1. The van der Waals surface area contributed by atoms with Gasteiger partial charge in [0.2, 0.25) is 0 Å². The molecule has 3 heteroatoms. The van der Waals surface area contributed by atoms with Crippen molar-refractivity contribution in [2.75, 3.05) is 13.1 Å². The lowest BCUT2D eigenvalue weighted by Gasteiger charge is -2.37. The van der Waals surface area contributed by atoms with Crippen LogP contribution in [0.3, 0.4) is 0 Å². The lowest BCUT2D eigenvalue weighted by atomic mass is 9.84. The molecule has 0 saturated heterocycles. The molecule has 2 atom stereocenters. The second kappa shape index (κ2) is 3.93. The van der Waals surface area contributed by atoms with Crippen LogP contribution >= 0.6 is 0 Å². The van der Waals surface area contributed by atoms with Crippen molar-refractivity contribution < 1.29 is 5.11 Å². The number of hydrogen-bond donors (Lipinski definition) is 3. The molecule has 1 heterocycles. The molecule has 2 rings (SSSR count). The molecule has 0 radical (unpaired) electrons. The summed E-state index contributed by atoms with van der Waals surface area (Å²) in [7, 11) is 0. The van der Waals surface area contributed by atoms with E-state index < -0.39 is 5.60 Å². The smallest absolute Gasteiger partial charge is 0.0935 e. The average Bonchev–Trinajstić information content (AvgIpc) is 2.28. The van der Waals surface area contributed by atoms with Gasteiger partial charge in [-0.05, 0) is 31.0 Å². The van der Waals surface area contributed by atoms with Crippen LogP contribution in [0.1, 0.15) is 24.1 Å². The first-order chi connectivity index (χ1) is 7.15. The lowest BCUT2D eigenvalue weighted by Crippen LogP contribution is -2.49. The largest absolute Gasteiger partial charge is 0.387 e. The van der Waals surface area contributed by atoms with Crippen molar-refractivity contribution in [2.24, 2.45) is 5.73 Å². The monoisotopic (exact) mass is 206 g/mol. The first-order valence-electron chi connectivity index (χ1n) is 5.39. The molecular weight excluding hydrogens is 188 g/mol. The standard InChI is InChI=1S/C12H18N2O/c1-12(15,8-13)11-10-5-3-2-4-9(10)6-7-14-11/h2-5,11,14-15H,6-8,13H2,1H3. The number of nitrogens with two attached hydrogens (primary N) is 1. The van der Waals surface area contributed by atoms with Crippen LogP contribution in [0.15, 0.2) is 24.3 Å². The highest BCUT2D eigenvalue weighted by atomic mass is 16.3. The maximum absolute atomic E-state index is 10.2. The van der Waals surface area contributed by atoms with Crippen LogP contribution in [-0.2, 0) is 6.42 Å². The minimum atomic E-state index is -0.878. The quantitative estimate of drug-likeness (QED) is 0.663. The van der Waals surface area contributed by atoms with Crippen LogP contribution in [-0.4, -0.2) is 23.8 Å². The summed E-state index contributed by atoms with van der Waals surface area (Å²) in [4.78, 5) is 0. The summed E-state index contributed by atoms with van der Waals surface area (Å²) in [5.74, 6) is 0. The van der Waals surface area contributed by atoms with Crippen LogP contribution in [0.2, 0.25) is 0 Å². The van der Waals surface area contributed by atoms with Gasteiger partial charge in [-0.15, -0.1) is 0 Å². The van der Waals surface area contributed by atoms with E-state index in [1.165, 1.54) is 11.1 Å². The summed E-state index contributed by atoms with van der Waals surface area (Å²) < 4.78 is 0. The number of nitrogens with one attached hydrogen (secondary N) is 1. The molecule has 1 aromatic carbocycles. The van der Waals surface area contributed by atoms with E-state index in [2.05, 4.69) is 17.4 Å². The van der Waals surface area contributed by atoms with Gasteiger partial charge in [0.05, 0.1) is 11.6 Å². The van der Waals surface area contributed by atoms with Crippen LogP contribution in [0.4, 0.5) is 0 Å². The molecule has 1 aliphatic heterocycles. The Hall–Kier alpha value is -0.900. The average molecular weight is 206 g/mol. The molecule has 0 saturated carbocycles. The summed E-state index contributed by atoms with van der Waals surface area (Å²) in [6.45, 7) is 2.95. The molecule has 2 unspecified atom stereocenters. The minimum absolute atomic E-state index is 0.0487. The van der Waals surface area contributed by atoms with E-state index in [1.807, 2.05) is 12.1 Å². The number of aliphatic hydroxyl groups is 1. The Morgan fingerprint density at radius 2 is 2.27 bits per heavy atom. The van der Waals surface area contributed by atoms with E-state index in [-0.39, 0.29) is 12.6 Å². The third kappa shape index (κ3) is 1.91. The second-order valence-electron chi connectivity index (χ2n) is 4.40. The Kier molecular flexibility index (Phi) is 2.78. The van der Waals surface area contributed by atoms with Gasteiger partial charge in [-0.2, -0.15) is 0 Å². The number of rotatable bonds is 2. The van der Waals surface area contributed by atoms with Gasteiger partial charge >= 0.3 is 0 Å². The lowest BCUT2D eigenvalue weighted by molar-refractivity contribution is 0.0248. The Balaban J connectivity index is 2.38. The number of benzene rings is 1. The third-order valence-electron chi connectivity index (χ3n) is 3.14. The summed E-state index contributed by atoms with van der Waals surface area (Å²) in [6.07, 6.45) is 1.02. The van der Waals surface area contributed by atoms with Crippen molar-refractivity contribution in [3.8, 4) is 0 Å². The predicted molar refractivity (Wildman–Crippen MR) is 60.6 cm³/mol. The topological polar surface area (TPSA) is 58.3 Å². The molecule has 0 spiro atoms. The zero-order chi connectivity index (χ0) is 10.9. The van der Waals surface area contributed by atoms with Crippen molar-refractivity contribution in [3.63, 3.8) is 0 Å². The van der Waals surface area contributed by atoms with Crippen molar-refractivity contribution in [1.82, 2.24) is 5.32 Å². The fourth-order valence-electron chi connectivity index (χ4n) is 2.18. The molecule has 3 nitrogen and oxygen atoms in total. The fourth-order valence-corrected chi connectivity index (χ4v) is 2.18. The molecule has 82 valence electrons. The van der Waals surface area contributed by atoms with Crippen LogP contribution in [0.5, 0.6) is 0 Å². The Labute approximate surface area is 90.3 Å². The molecule has 1 aromatic rings. The van der Waals surface area contributed by atoms with Crippen molar-refractivity contribution in [1.29, 1.82) is 0 Å². The first kappa shape index (κ1) is 10.6. The van der Waals surface area contributed by atoms with E-state index >= 15 is 0 Å². The molecule has 0 bridgehead atoms. The number of hydrogen-bond acceptors (Lipinski definition) is 3. The van der Waals surface area contributed by atoms with Crippen molar-refractivity contribution in [3.05, 3.63) is 35.4 Å². The summed E-state index contributed by atoms with van der Waals surface area (Å²) in [5.41, 5.74) is 7.22. The Morgan fingerprint density at radius 1 is 1.53 bits per heavy atom. The highest BCUT2D eigenvalue weighted by Gasteiger charge is 2.34. The Bertz CT molecular complexity index is 349. The fraction of sp³-hybridized carbons (Fsp3) is 0.500. The van der Waals surface area contributed by atoms with Crippen molar-refractivity contribution in [2.45, 2.75) is 25.0 Å². The van der Waals surface area contributed by atoms with Gasteiger partial charge in [0.1, 0.15) is 0 Å². The summed E-state index contributed by atoms with van der Waals surface area (Å²) in [5, 5.41) is 13.5. The maximum Gasteiger partial charge on any atom is 0.0935 e. The van der Waals surface area contributed by atoms with E-state index in [0.717, 1.165) is 13.0 Å². The van der Waals surface area contributed by atoms with Crippen molar-refractivity contribution >= 4 is 0 Å². The first-order valence-corrected chi connectivity index (χ1v) is 5.39. The normalized spacial score (nSPS) is 24.3. The van der Waals surface area contributed by atoms with Gasteiger partial charge in [0, 0.05) is 6.54 Å². The molecular formula is C12H18N2O. The minimum Gasteiger partial charge on any atom is -0.387 e. The molecule has 0 aromatic heterocycles.